The summed E-state index contributed by atoms with van der Waals surface area (Å²) in [6.07, 6.45) is 1.88. The molecule has 29 heavy (non-hydrogen) atoms. The van der Waals surface area contributed by atoms with E-state index in [2.05, 4.69) is 56.4 Å². The first-order chi connectivity index (χ1) is 14.2. The number of aromatic nitrogens is 2. The standard InChI is InChI=1S/C22H27N5O2/c1-16-26-18-6-3-4-7-19(18)27(16)13-5-11-24-22(23-2)25-12-10-17-8-9-20-21(14-17)29-15-28-20/h3-4,6-9,14H,5,10-13,15H2,1-2H3,(H2,23,24,25). The van der Waals surface area contributed by atoms with Gasteiger partial charge in [0, 0.05) is 26.7 Å². The van der Waals surface area contributed by atoms with E-state index in [9.17, 15) is 0 Å². The van der Waals surface area contributed by atoms with Crippen LogP contribution in [0.25, 0.3) is 11.0 Å². The highest BCUT2D eigenvalue weighted by Crippen LogP contribution is 2.32. The maximum absolute atomic E-state index is 5.43. The molecule has 0 spiro atoms. The first-order valence-corrected chi connectivity index (χ1v) is 9.99. The van der Waals surface area contributed by atoms with E-state index >= 15 is 0 Å². The summed E-state index contributed by atoms with van der Waals surface area (Å²) in [7, 11) is 1.80. The Kier molecular flexibility index (Phi) is 5.84. The van der Waals surface area contributed by atoms with Crippen LogP contribution in [0.4, 0.5) is 0 Å². The van der Waals surface area contributed by atoms with Gasteiger partial charge >= 0.3 is 0 Å². The second-order valence-electron chi connectivity index (χ2n) is 7.02. The van der Waals surface area contributed by atoms with Crippen LogP contribution >= 0.6 is 0 Å². The number of nitrogens with zero attached hydrogens (tertiary/aromatic N) is 3. The average molecular weight is 393 g/mol. The first kappa shape index (κ1) is 19.1. The molecule has 2 N–H and O–H groups in total. The third-order valence-corrected chi connectivity index (χ3v) is 5.06. The summed E-state index contributed by atoms with van der Waals surface area (Å²) in [5.41, 5.74) is 3.45. The normalized spacial score (nSPS) is 13.1. The molecule has 1 aliphatic rings. The topological polar surface area (TPSA) is 72.7 Å². The number of benzene rings is 2. The smallest absolute Gasteiger partial charge is 0.231 e. The maximum Gasteiger partial charge on any atom is 0.231 e. The van der Waals surface area contributed by atoms with E-state index in [-0.39, 0.29) is 0 Å². The average Bonchev–Trinajstić information content (AvgIpc) is 3.33. The Bertz CT molecular complexity index is 1010. The fourth-order valence-electron chi connectivity index (χ4n) is 3.56. The highest BCUT2D eigenvalue weighted by Gasteiger charge is 2.13. The molecule has 0 aliphatic carbocycles. The van der Waals surface area contributed by atoms with Gasteiger partial charge in [-0.1, -0.05) is 18.2 Å². The summed E-state index contributed by atoms with van der Waals surface area (Å²) in [5, 5.41) is 6.76. The van der Waals surface area contributed by atoms with Gasteiger partial charge in [-0.2, -0.15) is 0 Å². The second kappa shape index (κ2) is 8.86. The Morgan fingerprint density at radius 1 is 1.10 bits per heavy atom. The highest BCUT2D eigenvalue weighted by molar-refractivity contribution is 5.79. The summed E-state index contributed by atoms with van der Waals surface area (Å²) < 4.78 is 13.1. The molecule has 2 heterocycles. The third-order valence-electron chi connectivity index (χ3n) is 5.06. The van der Waals surface area contributed by atoms with E-state index in [1.807, 2.05) is 18.2 Å². The van der Waals surface area contributed by atoms with Crippen molar-refractivity contribution >= 4 is 17.0 Å². The Morgan fingerprint density at radius 2 is 1.93 bits per heavy atom. The minimum Gasteiger partial charge on any atom is -0.454 e. The number of hydrogen-bond acceptors (Lipinski definition) is 4. The third kappa shape index (κ3) is 4.45. The fraction of sp³-hybridized carbons (Fsp3) is 0.364. The number of fused-ring (bicyclic) bond motifs is 2. The van der Waals surface area contributed by atoms with Gasteiger partial charge in [-0.25, -0.2) is 4.98 Å². The zero-order chi connectivity index (χ0) is 20.1. The van der Waals surface area contributed by atoms with Crippen molar-refractivity contribution in [1.82, 2.24) is 20.2 Å². The number of hydrogen-bond donors (Lipinski definition) is 2. The van der Waals surface area contributed by atoms with Crippen molar-refractivity contribution in [2.75, 3.05) is 26.9 Å². The molecular weight excluding hydrogens is 366 g/mol. The number of nitrogens with one attached hydrogen (secondary N) is 2. The molecule has 0 bridgehead atoms. The molecule has 0 atom stereocenters. The van der Waals surface area contributed by atoms with Gasteiger partial charge in [0.05, 0.1) is 11.0 Å². The van der Waals surface area contributed by atoms with Gasteiger partial charge in [0.2, 0.25) is 6.79 Å². The Hall–Kier alpha value is -3.22. The molecule has 7 nitrogen and oxygen atoms in total. The fourth-order valence-corrected chi connectivity index (χ4v) is 3.56. The number of imidazole rings is 1. The number of aryl methyl sites for hydroxylation is 2. The summed E-state index contributed by atoms with van der Waals surface area (Å²) in [6, 6.07) is 14.3. The minimum absolute atomic E-state index is 0.308. The molecule has 0 saturated carbocycles. The van der Waals surface area contributed by atoms with Crippen molar-refractivity contribution in [2.45, 2.75) is 26.3 Å². The largest absolute Gasteiger partial charge is 0.454 e. The van der Waals surface area contributed by atoms with Crippen molar-refractivity contribution in [2.24, 2.45) is 4.99 Å². The highest BCUT2D eigenvalue weighted by atomic mass is 16.7. The van der Waals surface area contributed by atoms with Crippen LogP contribution in [0.3, 0.4) is 0 Å². The van der Waals surface area contributed by atoms with Crippen LogP contribution in [0.2, 0.25) is 0 Å². The molecule has 3 aromatic rings. The molecular formula is C22H27N5O2. The van der Waals surface area contributed by atoms with Gasteiger partial charge in [0.15, 0.2) is 17.5 Å². The van der Waals surface area contributed by atoms with Gasteiger partial charge in [-0.3, -0.25) is 4.99 Å². The van der Waals surface area contributed by atoms with Crippen LogP contribution < -0.4 is 20.1 Å². The van der Waals surface area contributed by atoms with Crippen LogP contribution in [-0.2, 0) is 13.0 Å². The lowest BCUT2D eigenvalue weighted by Gasteiger charge is -2.13. The summed E-state index contributed by atoms with van der Waals surface area (Å²) in [4.78, 5) is 8.93. The Balaban J connectivity index is 1.21. The molecule has 0 saturated heterocycles. The van der Waals surface area contributed by atoms with E-state index in [1.165, 1.54) is 11.1 Å². The van der Waals surface area contributed by atoms with Crippen molar-refractivity contribution < 1.29 is 9.47 Å². The van der Waals surface area contributed by atoms with Crippen molar-refractivity contribution in [3.63, 3.8) is 0 Å². The van der Waals surface area contributed by atoms with Crippen LogP contribution in [0, 0.1) is 6.92 Å². The SMILES string of the molecule is CN=C(NCCCn1c(C)nc2ccccc21)NCCc1ccc2c(c1)OCO2. The van der Waals surface area contributed by atoms with Crippen LogP contribution in [0.5, 0.6) is 11.5 Å². The zero-order valence-corrected chi connectivity index (χ0v) is 16.9. The van der Waals surface area contributed by atoms with E-state index in [4.69, 9.17) is 9.47 Å². The molecule has 152 valence electrons. The number of para-hydroxylation sites is 2. The number of guanidine groups is 1. The molecule has 4 rings (SSSR count). The van der Waals surface area contributed by atoms with Crippen LogP contribution in [0.1, 0.15) is 17.8 Å². The van der Waals surface area contributed by atoms with Crippen molar-refractivity contribution in [3.05, 3.63) is 53.9 Å². The van der Waals surface area contributed by atoms with E-state index in [1.54, 1.807) is 7.05 Å². The molecule has 0 amide bonds. The molecule has 0 unspecified atom stereocenters. The van der Waals surface area contributed by atoms with Gasteiger partial charge < -0.3 is 24.7 Å². The monoisotopic (exact) mass is 393 g/mol. The molecule has 1 aromatic heterocycles. The van der Waals surface area contributed by atoms with Gasteiger partial charge in [-0.15, -0.1) is 0 Å². The molecule has 2 aromatic carbocycles. The summed E-state index contributed by atoms with van der Waals surface area (Å²) in [6.45, 7) is 4.93. The van der Waals surface area contributed by atoms with Crippen molar-refractivity contribution in [3.8, 4) is 11.5 Å². The van der Waals surface area contributed by atoms with Crippen LogP contribution in [-0.4, -0.2) is 42.4 Å². The number of aliphatic imine (C=N–C) groups is 1. The Morgan fingerprint density at radius 3 is 2.83 bits per heavy atom. The maximum atomic E-state index is 5.43. The number of ether oxygens (including phenoxy) is 2. The van der Waals surface area contributed by atoms with Crippen molar-refractivity contribution in [1.29, 1.82) is 0 Å². The molecule has 0 radical (unpaired) electrons. The predicted molar refractivity (Wildman–Crippen MR) is 115 cm³/mol. The van der Waals surface area contributed by atoms with E-state index in [0.29, 0.717) is 6.79 Å². The lowest BCUT2D eigenvalue weighted by Crippen LogP contribution is -2.39. The molecule has 7 heteroatoms. The minimum atomic E-state index is 0.308. The second-order valence-corrected chi connectivity index (χ2v) is 7.02. The quantitative estimate of drug-likeness (QED) is 0.367. The van der Waals surface area contributed by atoms with Gasteiger partial charge in [0.1, 0.15) is 5.82 Å². The van der Waals surface area contributed by atoms with Gasteiger partial charge in [-0.05, 0) is 49.6 Å². The Labute approximate surface area is 170 Å². The molecule has 1 aliphatic heterocycles. The number of rotatable bonds is 7. The lowest BCUT2D eigenvalue weighted by atomic mass is 10.1. The predicted octanol–water partition coefficient (Wildman–Crippen LogP) is 2.87. The summed E-state index contributed by atoms with van der Waals surface area (Å²) in [5.74, 6) is 3.52. The van der Waals surface area contributed by atoms with Gasteiger partial charge in [0.25, 0.3) is 0 Å². The zero-order valence-electron chi connectivity index (χ0n) is 16.9. The van der Waals surface area contributed by atoms with Crippen LogP contribution in [0.15, 0.2) is 47.5 Å². The lowest BCUT2D eigenvalue weighted by molar-refractivity contribution is 0.174. The summed E-state index contributed by atoms with van der Waals surface area (Å²) >= 11 is 0. The first-order valence-electron chi connectivity index (χ1n) is 9.99. The molecule has 0 fully saturated rings. The van der Waals surface area contributed by atoms with E-state index in [0.717, 1.165) is 61.3 Å². The van der Waals surface area contributed by atoms with E-state index < -0.39 is 0 Å².